The second-order valence-electron chi connectivity index (χ2n) is 25.1. The quantitative estimate of drug-likeness (QED) is 0.107. The highest BCUT2D eigenvalue weighted by atomic mass is 28.3. The van der Waals surface area contributed by atoms with Gasteiger partial charge in [-0.25, -0.2) is 4.98 Å². The predicted molar refractivity (Wildman–Crippen MR) is 366 cm³/mol. The van der Waals surface area contributed by atoms with E-state index < -0.39 is 8.07 Å². The van der Waals surface area contributed by atoms with Crippen molar-refractivity contribution in [1.29, 1.82) is 0 Å². The average Bonchev–Trinajstić information content (AvgIpc) is 2.75. The first-order chi connectivity index (χ1) is 41.9. The van der Waals surface area contributed by atoms with E-state index in [-0.39, 0.29) is 10.8 Å². The number of aromatic nitrogens is 3. The molecule has 0 unspecified atom stereocenters. The molecule has 0 N–H and O–H groups in total. The van der Waals surface area contributed by atoms with Gasteiger partial charge in [-0.3, -0.25) is 4.57 Å². The van der Waals surface area contributed by atoms with Crippen LogP contribution in [0.4, 0.5) is 11.4 Å². The summed E-state index contributed by atoms with van der Waals surface area (Å²) in [5.41, 5.74) is 11.3. The van der Waals surface area contributed by atoms with Crippen molar-refractivity contribution in [2.75, 3.05) is 4.90 Å². The summed E-state index contributed by atoms with van der Waals surface area (Å²) in [6, 6.07) is 102. The van der Waals surface area contributed by atoms with Gasteiger partial charge in [0, 0.05) is 51.1 Å². The first-order valence-corrected chi connectivity index (χ1v) is 32.0. The van der Waals surface area contributed by atoms with Crippen molar-refractivity contribution in [1.82, 2.24) is 14.1 Å². The third-order valence-corrected chi connectivity index (χ3v) is 22.7. The molecule has 11 aromatic carbocycles. The Morgan fingerprint density at radius 1 is 0.384 bits per heavy atom. The van der Waals surface area contributed by atoms with Crippen molar-refractivity contribution >= 4 is 105 Å². The maximum absolute atomic E-state index is 7.01. The van der Waals surface area contributed by atoms with Crippen LogP contribution >= 0.6 is 0 Å². The lowest BCUT2D eigenvalue weighted by molar-refractivity contribution is 0.483. The molecule has 0 radical (unpaired) electrons. The molecule has 5 nitrogen and oxygen atoms in total. The molecule has 15 rings (SSSR count). The molecule has 0 saturated carbocycles. The monoisotopic (exact) mass is 1130 g/mol. The normalized spacial score (nSPS) is 12.7. The Balaban J connectivity index is 0.953. The zero-order valence-electron chi connectivity index (χ0n) is 49.5. The summed E-state index contributed by atoms with van der Waals surface area (Å²) in [5.74, 6) is 2.39. The molecule has 6 heteroatoms. The lowest BCUT2D eigenvalue weighted by Gasteiger charge is -2.36. The van der Waals surface area contributed by atoms with E-state index in [4.69, 9.17) is 9.72 Å². The Labute approximate surface area is 504 Å². The highest BCUT2D eigenvalue weighted by molar-refractivity contribution is 7.20. The maximum Gasteiger partial charge on any atom is 0.179 e. The second kappa shape index (κ2) is 20.7. The van der Waals surface area contributed by atoms with Gasteiger partial charge in [0.15, 0.2) is 8.07 Å². The Hall–Kier alpha value is -10.0. The fourth-order valence-electron chi connectivity index (χ4n) is 13.7. The molecule has 1 aliphatic rings. The second-order valence-corrected chi connectivity index (χ2v) is 29.0. The van der Waals surface area contributed by atoms with Gasteiger partial charge in [0.05, 0.1) is 27.8 Å². The van der Waals surface area contributed by atoms with Crippen LogP contribution in [-0.4, -0.2) is 22.2 Å². The fraction of sp³-hybridized carbons (Fsp3) is 0.113. The molecule has 0 bridgehead atoms. The summed E-state index contributed by atoms with van der Waals surface area (Å²) in [5, 5.41) is 14.9. The summed E-state index contributed by atoms with van der Waals surface area (Å²) in [6.45, 7) is 14.4. The van der Waals surface area contributed by atoms with Crippen molar-refractivity contribution in [3.05, 3.63) is 290 Å². The molecular formula is C80H66N4OSi. The molecule has 0 atom stereocenters. The van der Waals surface area contributed by atoms with Gasteiger partial charge in [0.1, 0.15) is 24.0 Å². The summed E-state index contributed by atoms with van der Waals surface area (Å²) < 4.78 is 11.9. The number of ether oxygens (including phenoxy) is 1. The van der Waals surface area contributed by atoms with Crippen LogP contribution in [0, 0.1) is 0 Å². The van der Waals surface area contributed by atoms with Crippen LogP contribution in [0.2, 0.25) is 0 Å². The van der Waals surface area contributed by atoms with Crippen molar-refractivity contribution in [3.8, 4) is 28.4 Å². The van der Waals surface area contributed by atoms with Crippen molar-refractivity contribution in [3.63, 3.8) is 0 Å². The van der Waals surface area contributed by atoms with Crippen LogP contribution in [0.3, 0.4) is 0 Å². The topological polar surface area (TPSA) is 35.2 Å². The molecule has 0 amide bonds. The van der Waals surface area contributed by atoms with Gasteiger partial charge in [-0.2, -0.15) is 0 Å². The maximum atomic E-state index is 7.01. The van der Waals surface area contributed by atoms with Crippen LogP contribution in [0.1, 0.15) is 52.7 Å². The summed E-state index contributed by atoms with van der Waals surface area (Å²) >= 11 is 0. The predicted octanol–water partition coefficient (Wildman–Crippen LogP) is 18.3. The Morgan fingerprint density at radius 3 is 1.53 bits per heavy atom. The largest absolute Gasteiger partial charge is 0.457 e. The van der Waals surface area contributed by atoms with Gasteiger partial charge in [-0.05, 0) is 118 Å². The number of benzene rings is 11. The van der Waals surface area contributed by atoms with E-state index in [0.717, 1.165) is 45.1 Å². The van der Waals surface area contributed by atoms with Crippen molar-refractivity contribution in [2.45, 2.75) is 59.0 Å². The van der Waals surface area contributed by atoms with E-state index >= 15 is 0 Å². The molecule has 3 aromatic heterocycles. The van der Waals surface area contributed by atoms with Gasteiger partial charge in [0.2, 0.25) is 0 Å². The third kappa shape index (κ3) is 8.77. The highest BCUT2D eigenvalue weighted by Crippen LogP contribution is 2.46. The summed E-state index contributed by atoms with van der Waals surface area (Å²) in [7, 11) is -2.98. The number of anilines is 2. The minimum absolute atomic E-state index is 0.0350. The van der Waals surface area contributed by atoms with Crippen LogP contribution in [0.15, 0.2) is 279 Å². The lowest BCUT2D eigenvalue weighted by Crippen LogP contribution is -2.74. The smallest absolute Gasteiger partial charge is 0.179 e. The minimum atomic E-state index is -2.98. The van der Waals surface area contributed by atoms with E-state index in [1.54, 1.807) is 0 Å². The van der Waals surface area contributed by atoms with Gasteiger partial charge >= 0.3 is 0 Å². The standard InChI is InChI=1S/C80H66N4OSi/c1-79(2,3)55-45-46-81-76(50-55)84-73-41-21-20-37-69(73)70-44-43-59(52-75(70)84)85-58-26-22-25-57(51-58)82-53-83-77-64(38-23-39-71(77)67-35-18-16-33-65(67)66-34-17-19-36-68(66)72-40-24-42-74(82)78(72)83)54-47-56(80(4,5)6)49-63(48-54)86(60-27-10-7-11-28-60,61-29-12-8-13-30-61)62-31-14-9-15-32-62/h7-52H,53H2,1-6H3. The number of para-hydroxylation sites is 3. The molecule has 0 spiro atoms. The first kappa shape index (κ1) is 52.8. The van der Waals surface area contributed by atoms with Gasteiger partial charge in [0.25, 0.3) is 0 Å². The Bertz CT molecular complexity index is 4930. The number of pyridine rings is 1. The molecule has 4 heterocycles. The molecular weight excluding hydrogens is 1060 g/mol. The molecule has 0 fully saturated rings. The van der Waals surface area contributed by atoms with E-state index in [1.165, 1.54) is 91.7 Å². The van der Waals surface area contributed by atoms with E-state index in [9.17, 15) is 0 Å². The lowest BCUT2D eigenvalue weighted by atomic mass is 9.85. The van der Waals surface area contributed by atoms with Crippen molar-refractivity contribution in [2.24, 2.45) is 0 Å². The molecule has 14 aromatic rings. The van der Waals surface area contributed by atoms with Crippen LogP contribution in [0.5, 0.6) is 11.5 Å². The average molecular weight is 1130 g/mol. The molecule has 416 valence electrons. The zero-order valence-corrected chi connectivity index (χ0v) is 50.5. The van der Waals surface area contributed by atoms with E-state index in [1.807, 2.05) is 6.20 Å². The number of fused-ring (bicyclic) bond motifs is 10. The summed E-state index contributed by atoms with van der Waals surface area (Å²) in [4.78, 5) is 7.44. The Kier molecular flexibility index (Phi) is 12.7. The van der Waals surface area contributed by atoms with E-state index in [2.05, 4.69) is 329 Å². The van der Waals surface area contributed by atoms with Gasteiger partial charge in [-0.1, -0.05) is 254 Å². The first-order valence-electron chi connectivity index (χ1n) is 30.0. The summed E-state index contributed by atoms with van der Waals surface area (Å²) in [6.07, 6.45) is 1.93. The number of nitrogens with zero attached hydrogens (tertiary/aromatic N) is 4. The van der Waals surface area contributed by atoms with Gasteiger partial charge < -0.3 is 14.2 Å². The number of hydrogen-bond donors (Lipinski definition) is 0. The molecule has 86 heavy (non-hydrogen) atoms. The SMILES string of the molecule is CC(C)(C)c1cc(-c2cccc3c4ccccc4c4ccccc4c4cccc5c4n(c23)CN5c2cccc(Oc3ccc4c5ccccc5n(-c5cc(C(C)(C)C)ccn5)c4c3)c2)cc([Si](c2ccccc2)(c2ccccc2)c2ccccc2)c1. The molecule has 1 aliphatic heterocycles. The third-order valence-electron chi connectivity index (χ3n) is 17.9. The van der Waals surface area contributed by atoms with Gasteiger partial charge in [-0.15, -0.1) is 0 Å². The molecule has 0 aliphatic carbocycles. The Morgan fingerprint density at radius 2 is 0.907 bits per heavy atom. The van der Waals surface area contributed by atoms with Crippen LogP contribution in [0.25, 0.3) is 82.1 Å². The minimum Gasteiger partial charge on any atom is -0.457 e. The molecule has 0 saturated heterocycles. The fourth-order valence-corrected chi connectivity index (χ4v) is 18.6. The highest BCUT2D eigenvalue weighted by Gasteiger charge is 2.42. The number of hydrogen-bond acceptors (Lipinski definition) is 3. The van der Waals surface area contributed by atoms with Crippen LogP contribution in [-0.2, 0) is 17.5 Å². The van der Waals surface area contributed by atoms with E-state index in [0.29, 0.717) is 6.67 Å². The van der Waals surface area contributed by atoms with Crippen molar-refractivity contribution < 1.29 is 4.74 Å². The number of rotatable bonds is 9. The van der Waals surface area contributed by atoms with Crippen LogP contribution < -0.4 is 30.4 Å². The zero-order chi connectivity index (χ0) is 58.3.